The molecule has 86 valence electrons. The maximum atomic E-state index is 11.0. The second-order valence-electron chi connectivity index (χ2n) is 3.00. The minimum Gasteiger partial charge on any atom is -0.466 e. The van der Waals surface area contributed by atoms with Gasteiger partial charge in [-0.25, -0.2) is 4.79 Å². The smallest absolute Gasteiger partial charge is 0.342 e. The molecule has 0 aromatic carbocycles. The van der Waals surface area contributed by atoms with Crippen LogP contribution in [0.5, 0.6) is 0 Å². The van der Waals surface area contributed by atoms with Gasteiger partial charge in [-0.15, -0.1) is 0 Å². The van der Waals surface area contributed by atoms with E-state index in [9.17, 15) is 9.59 Å². The third kappa shape index (κ3) is 8.73. The molecule has 0 bridgehead atoms. The lowest BCUT2D eigenvalue weighted by Crippen LogP contribution is -2.24. The van der Waals surface area contributed by atoms with Gasteiger partial charge in [0.05, 0.1) is 19.4 Å². The number of esters is 1. The fourth-order valence-electron chi connectivity index (χ4n) is 0.718. The lowest BCUT2D eigenvalue weighted by molar-refractivity contribution is -0.142. The summed E-state index contributed by atoms with van der Waals surface area (Å²) >= 11 is 0. The average Bonchev–Trinajstić information content (AvgIpc) is 2.15. The predicted octanol–water partition coefficient (Wildman–Crippen LogP) is 0.239. The van der Waals surface area contributed by atoms with Crippen LogP contribution in [0.3, 0.4) is 0 Å². The number of ether oxygens (including phenoxy) is 1. The van der Waals surface area contributed by atoms with E-state index < -0.39 is 6.03 Å². The van der Waals surface area contributed by atoms with Gasteiger partial charge in [-0.3, -0.25) is 4.79 Å². The van der Waals surface area contributed by atoms with Crippen molar-refractivity contribution in [1.29, 1.82) is 0 Å². The SMILES string of the molecule is CCOC(=O)CCNC(=O)/N=C/N(C)C. The molecule has 0 fully saturated rings. The van der Waals surface area contributed by atoms with E-state index in [2.05, 4.69) is 15.0 Å². The molecule has 1 N–H and O–H groups in total. The monoisotopic (exact) mass is 215 g/mol. The van der Waals surface area contributed by atoms with Crippen molar-refractivity contribution < 1.29 is 14.3 Å². The Balaban J connectivity index is 3.59. The Hall–Kier alpha value is -1.59. The zero-order valence-electron chi connectivity index (χ0n) is 9.32. The Morgan fingerprint density at radius 3 is 2.67 bits per heavy atom. The standard InChI is InChI=1S/C9H17N3O3/c1-4-15-8(13)5-6-10-9(14)11-7-12(2)3/h7H,4-6H2,1-3H3,(H,10,14)/b11-7+. The molecule has 15 heavy (non-hydrogen) atoms. The summed E-state index contributed by atoms with van der Waals surface area (Å²) < 4.78 is 4.68. The number of aliphatic imine (C=N–C) groups is 1. The molecular formula is C9H17N3O3. The van der Waals surface area contributed by atoms with Crippen LogP contribution in [0.1, 0.15) is 13.3 Å². The van der Waals surface area contributed by atoms with Crippen molar-refractivity contribution in [3.63, 3.8) is 0 Å². The van der Waals surface area contributed by atoms with Crippen molar-refractivity contribution in [1.82, 2.24) is 10.2 Å². The van der Waals surface area contributed by atoms with Crippen LogP contribution < -0.4 is 5.32 Å². The molecule has 2 amide bonds. The van der Waals surface area contributed by atoms with E-state index in [1.54, 1.807) is 25.9 Å². The molecule has 0 aliphatic heterocycles. The van der Waals surface area contributed by atoms with Crippen LogP contribution in [0.25, 0.3) is 0 Å². The highest BCUT2D eigenvalue weighted by molar-refractivity contribution is 5.83. The molecule has 6 nitrogen and oxygen atoms in total. The lowest BCUT2D eigenvalue weighted by atomic mass is 10.4. The molecule has 0 aliphatic rings. The minimum atomic E-state index is -0.465. The zero-order valence-corrected chi connectivity index (χ0v) is 9.32. The Kier molecular flexibility index (Phi) is 6.96. The summed E-state index contributed by atoms with van der Waals surface area (Å²) in [4.78, 5) is 27.1. The Morgan fingerprint density at radius 2 is 2.13 bits per heavy atom. The first-order chi connectivity index (χ1) is 7.06. The van der Waals surface area contributed by atoms with Crippen molar-refractivity contribution in [2.75, 3.05) is 27.2 Å². The van der Waals surface area contributed by atoms with Crippen molar-refractivity contribution in [2.24, 2.45) is 4.99 Å². The van der Waals surface area contributed by atoms with Crippen LogP contribution in [0.2, 0.25) is 0 Å². The maximum absolute atomic E-state index is 11.0. The number of rotatable bonds is 5. The highest BCUT2D eigenvalue weighted by atomic mass is 16.5. The molecule has 0 aromatic rings. The molecule has 6 heteroatoms. The second kappa shape index (κ2) is 7.78. The summed E-state index contributed by atoms with van der Waals surface area (Å²) in [7, 11) is 3.52. The van der Waals surface area contributed by atoms with Gasteiger partial charge in [0, 0.05) is 20.6 Å². The normalized spacial score (nSPS) is 10.1. The van der Waals surface area contributed by atoms with Gasteiger partial charge < -0.3 is 15.0 Å². The number of nitrogens with one attached hydrogen (secondary N) is 1. The Labute approximate surface area is 89.3 Å². The largest absolute Gasteiger partial charge is 0.466 e. The van der Waals surface area contributed by atoms with Crippen LogP contribution in [0.15, 0.2) is 4.99 Å². The zero-order chi connectivity index (χ0) is 11.7. The summed E-state index contributed by atoms with van der Waals surface area (Å²) in [5.41, 5.74) is 0. The summed E-state index contributed by atoms with van der Waals surface area (Å²) in [6, 6.07) is -0.465. The molecule has 0 saturated carbocycles. The molecule has 0 radical (unpaired) electrons. The number of amides is 2. The van der Waals surface area contributed by atoms with E-state index in [0.29, 0.717) is 6.61 Å². The van der Waals surface area contributed by atoms with Crippen LogP contribution in [0.4, 0.5) is 4.79 Å². The highest BCUT2D eigenvalue weighted by Crippen LogP contribution is 1.84. The van der Waals surface area contributed by atoms with Crippen LogP contribution in [0, 0.1) is 0 Å². The fourth-order valence-corrected chi connectivity index (χ4v) is 0.718. The van der Waals surface area contributed by atoms with Gasteiger partial charge in [-0.2, -0.15) is 4.99 Å². The first-order valence-corrected chi connectivity index (χ1v) is 4.70. The van der Waals surface area contributed by atoms with E-state index in [1.165, 1.54) is 6.34 Å². The van der Waals surface area contributed by atoms with Gasteiger partial charge in [0.1, 0.15) is 0 Å². The van der Waals surface area contributed by atoms with Gasteiger partial charge in [-0.1, -0.05) is 0 Å². The van der Waals surface area contributed by atoms with Gasteiger partial charge in [0.25, 0.3) is 0 Å². The van der Waals surface area contributed by atoms with Gasteiger partial charge in [0.15, 0.2) is 0 Å². The number of urea groups is 1. The molecule has 0 aliphatic carbocycles. The van der Waals surface area contributed by atoms with Gasteiger partial charge in [0.2, 0.25) is 0 Å². The van der Waals surface area contributed by atoms with E-state index in [4.69, 9.17) is 0 Å². The number of hydrogen-bond acceptors (Lipinski definition) is 3. The predicted molar refractivity (Wildman–Crippen MR) is 56.8 cm³/mol. The number of carbonyl (C=O) groups is 2. The number of carbonyl (C=O) groups excluding carboxylic acids is 2. The summed E-state index contributed by atoms with van der Waals surface area (Å²) in [5, 5.41) is 2.46. The van der Waals surface area contributed by atoms with Crippen molar-refractivity contribution in [3.05, 3.63) is 0 Å². The van der Waals surface area contributed by atoms with Crippen molar-refractivity contribution >= 4 is 18.3 Å². The van der Waals surface area contributed by atoms with Gasteiger partial charge >= 0.3 is 12.0 Å². The van der Waals surface area contributed by atoms with E-state index in [0.717, 1.165) is 0 Å². The third-order valence-corrected chi connectivity index (χ3v) is 1.32. The molecule has 0 rings (SSSR count). The molecule has 0 aromatic heterocycles. The number of hydrogen-bond donors (Lipinski definition) is 1. The Bertz CT molecular complexity index is 239. The van der Waals surface area contributed by atoms with Crippen molar-refractivity contribution in [3.8, 4) is 0 Å². The van der Waals surface area contributed by atoms with E-state index in [-0.39, 0.29) is 18.9 Å². The molecular weight excluding hydrogens is 198 g/mol. The second-order valence-corrected chi connectivity index (χ2v) is 3.00. The summed E-state index contributed by atoms with van der Waals surface area (Å²) in [6.45, 7) is 2.33. The quantitative estimate of drug-likeness (QED) is 0.405. The van der Waals surface area contributed by atoms with E-state index >= 15 is 0 Å². The molecule has 0 saturated heterocycles. The maximum Gasteiger partial charge on any atom is 0.342 e. The fraction of sp³-hybridized carbons (Fsp3) is 0.667. The van der Waals surface area contributed by atoms with Crippen LogP contribution >= 0.6 is 0 Å². The average molecular weight is 215 g/mol. The number of nitrogens with zero attached hydrogens (tertiary/aromatic N) is 2. The first kappa shape index (κ1) is 13.4. The van der Waals surface area contributed by atoms with Crippen LogP contribution in [-0.2, 0) is 9.53 Å². The summed E-state index contributed by atoms with van der Waals surface area (Å²) in [5.74, 6) is -0.325. The molecule has 0 atom stereocenters. The van der Waals surface area contributed by atoms with Gasteiger partial charge in [-0.05, 0) is 6.92 Å². The minimum absolute atomic E-state index is 0.164. The summed E-state index contributed by atoms with van der Waals surface area (Å²) in [6.07, 6.45) is 1.55. The third-order valence-electron chi connectivity index (χ3n) is 1.32. The van der Waals surface area contributed by atoms with Crippen molar-refractivity contribution in [2.45, 2.75) is 13.3 Å². The van der Waals surface area contributed by atoms with Crippen LogP contribution in [-0.4, -0.2) is 50.5 Å². The molecule has 0 heterocycles. The van der Waals surface area contributed by atoms with E-state index in [1.807, 2.05) is 0 Å². The first-order valence-electron chi connectivity index (χ1n) is 4.70. The molecule has 0 unspecified atom stereocenters. The molecule has 0 spiro atoms. The Morgan fingerprint density at radius 1 is 1.47 bits per heavy atom. The topological polar surface area (TPSA) is 71.0 Å². The highest BCUT2D eigenvalue weighted by Gasteiger charge is 2.02. The lowest BCUT2D eigenvalue weighted by Gasteiger charge is -2.03.